The molecule has 0 unspecified atom stereocenters. The maximum atomic E-state index is 12.5. The molecule has 1 aliphatic rings. The fourth-order valence-electron chi connectivity index (χ4n) is 3.00. The van der Waals surface area contributed by atoms with Crippen LogP contribution in [0.5, 0.6) is 5.75 Å². The molecule has 2 aromatic rings. The van der Waals surface area contributed by atoms with E-state index in [1.165, 1.54) is 0 Å². The Hall–Kier alpha value is -2.69. The zero-order valence-electron chi connectivity index (χ0n) is 13.9. The molecule has 0 bridgehead atoms. The summed E-state index contributed by atoms with van der Waals surface area (Å²) in [5.74, 6) is 0.430. The van der Waals surface area contributed by atoms with E-state index in [2.05, 4.69) is 4.90 Å². The number of aromatic hydroxyl groups is 1. The molecule has 5 heteroatoms. The first-order valence-electron chi connectivity index (χ1n) is 8.22. The average Bonchev–Trinajstić information content (AvgIpc) is 2.63. The minimum atomic E-state index is 0.137. The molecule has 0 radical (unpaired) electrons. The predicted molar refractivity (Wildman–Crippen MR) is 96.6 cm³/mol. The van der Waals surface area contributed by atoms with Crippen LogP contribution in [0.3, 0.4) is 0 Å². The molecule has 0 aliphatic carbocycles. The molecule has 1 N–H and O–H groups in total. The van der Waals surface area contributed by atoms with Gasteiger partial charge in [-0.25, -0.2) is 0 Å². The van der Waals surface area contributed by atoms with Gasteiger partial charge in [-0.1, -0.05) is 30.3 Å². The summed E-state index contributed by atoms with van der Waals surface area (Å²) in [6.45, 7) is 3.20. The third kappa shape index (κ3) is 3.62. The van der Waals surface area contributed by atoms with Gasteiger partial charge in [0.1, 0.15) is 5.75 Å². The molecule has 0 spiro atoms. The summed E-state index contributed by atoms with van der Waals surface area (Å²) >= 11 is 0. The number of hydrogen-bond donors (Lipinski definition) is 1. The van der Waals surface area contributed by atoms with Crippen molar-refractivity contribution in [3.63, 3.8) is 0 Å². The summed E-state index contributed by atoms with van der Waals surface area (Å²) in [6, 6.07) is 17.3. The minimum Gasteiger partial charge on any atom is -0.506 e. The highest BCUT2D eigenvalue weighted by Gasteiger charge is 2.23. The van der Waals surface area contributed by atoms with Crippen LogP contribution < -0.4 is 9.80 Å². The smallest absolute Gasteiger partial charge is 0.242 e. The van der Waals surface area contributed by atoms with Crippen LogP contribution in [0, 0.1) is 0 Å². The molecule has 1 amide bonds. The van der Waals surface area contributed by atoms with E-state index in [-0.39, 0.29) is 5.91 Å². The Morgan fingerprint density at radius 1 is 1.00 bits per heavy atom. The molecule has 1 saturated heterocycles. The molecule has 5 nitrogen and oxygen atoms in total. The Morgan fingerprint density at radius 3 is 2.29 bits per heavy atom. The number of amides is 1. The quantitative estimate of drug-likeness (QED) is 0.936. The summed E-state index contributed by atoms with van der Waals surface area (Å²) in [4.78, 5) is 18.5. The number of carbonyl (C=O) groups excluding carboxylic acids is 1. The van der Waals surface area contributed by atoms with Gasteiger partial charge >= 0.3 is 0 Å². The number of piperazine rings is 1. The van der Waals surface area contributed by atoms with Crippen molar-refractivity contribution in [1.29, 1.82) is 0 Å². The number of benzene rings is 2. The van der Waals surface area contributed by atoms with Gasteiger partial charge in [0.25, 0.3) is 0 Å². The molecule has 1 heterocycles. The largest absolute Gasteiger partial charge is 0.506 e. The van der Waals surface area contributed by atoms with Gasteiger partial charge in [0.05, 0.1) is 12.2 Å². The lowest BCUT2D eigenvalue weighted by Gasteiger charge is -2.37. The minimum absolute atomic E-state index is 0.137. The van der Waals surface area contributed by atoms with Crippen molar-refractivity contribution in [2.24, 2.45) is 0 Å². The molecule has 126 valence electrons. The van der Waals surface area contributed by atoms with E-state index < -0.39 is 0 Å². The zero-order chi connectivity index (χ0) is 16.9. The van der Waals surface area contributed by atoms with Crippen molar-refractivity contribution < 1.29 is 9.90 Å². The van der Waals surface area contributed by atoms with Crippen LogP contribution >= 0.6 is 0 Å². The summed E-state index contributed by atoms with van der Waals surface area (Å²) in [5.41, 5.74) is 1.88. The van der Waals surface area contributed by atoms with E-state index in [9.17, 15) is 9.90 Å². The lowest BCUT2D eigenvalue weighted by atomic mass is 10.2. The Bertz CT molecular complexity index is 682. The third-order valence-electron chi connectivity index (χ3n) is 4.42. The van der Waals surface area contributed by atoms with Crippen LogP contribution in [-0.4, -0.2) is 55.7 Å². The van der Waals surface area contributed by atoms with Gasteiger partial charge in [0, 0.05) is 38.9 Å². The molecule has 1 fully saturated rings. The number of carbonyl (C=O) groups is 1. The number of phenolic OH excluding ortho intramolecular Hbond substituents is 1. The van der Waals surface area contributed by atoms with Crippen LogP contribution in [0.4, 0.5) is 11.4 Å². The Kier molecular flexibility index (Phi) is 4.89. The number of hydrogen-bond acceptors (Lipinski definition) is 4. The van der Waals surface area contributed by atoms with Gasteiger partial charge in [0.2, 0.25) is 5.91 Å². The fourth-order valence-corrected chi connectivity index (χ4v) is 3.00. The second kappa shape index (κ2) is 7.25. The summed E-state index contributed by atoms with van der Waals surface area (Å²) in [6.07, 6.45) is 0. The second-order valence-electron chi connectivity index (χ2n) is 6.05. The van der Waals surface area contributed by atoms with Gasteiger partial charge < -0.3 is 19.8 Å². The van der Waals surface area contributed by atoms with Crippen molar-refractivity contribution in [2.45, 2.75) is 0 Å². The standard InChI is InChI=1S/C19H23N3O2/c1-20(16-7-3-2-4-8-16)15-19(24)22-13-11-21(12-14-22)17-9-5-6-10-18(17)23/h2-10,23H,11-15H2,1H3. The SMILES string of the molecule is CN(CC(=O)N1CCN(c2ccccc2O)CC1)c1ccccc1. The molecular weight excluding hydrogens is 302 g/mol. The molecular formula is C19H23N3O2. The lowest BCUT2D eigenvalue weighted by Crippen LogP contribution is -2.51. The highest BCUT2D eigenvalue weighted by Crippen LogP contribution is 2.27. The highest BCUT2D eigenvalue weighted by molar-refractivity contribution is 5.81. The monoisotopic (exact) mass is 325 g/mol. The number of nitrogens with zero attached hydrogens (tertiary/aromatic N) is 3. The number of anilines is 2. The number of rotatable bonds is 4. The van der Waals surface area contributed by atoms with Crippen molar-refractivity contribution in [3.8, 4) is 5.75 Å². The Balaban J connectivity index is 1.55. The Morgan fingerprint density at radius 2 is 1.62 bits per heavy atom. The van der Waals surface area contributed by atoms with Gasteiger partial charge in [-0.3, -0.25) is 4.79 Å². The topological polar surface area (TPSA) is 47.0 Å². The van der Waals surface area contributed by atoms with Crippen molar-refractivity contribution in [1.82, 2.24) is 4.90 Å². The van der Waals surface area contributed by atoms with Gasteiger partial charge in [-0.15, -0.1) is 0 Å². The summed E-state index contributed by atoms with van der Waals surface area (Å²) < 4.78 is 0. The van der Waals surface area contributed by atoms with Crippen molar-refractivity contribution in [2.75, 3.05) is 49.6 Å². The van der Waals surface area contributed by atoms with Crippen LogP contribution in [0.2, 0.25) is 0 Å². The van der Waals surface area contributed by atoms with E-state index in [1.807, 2.05) is 65.4 Å². The van der Waals surface area contributed by atoms with E-state index >= 15 is 0 Å². The van der Waals surface area contributed by atoms with Crippen LogP contribution in [0.1, 0.15) is 0 Å². The Labute approximate surface area is 142 Å². The maximum absolute atomic E-state index is 12.5. The molecule has 2 aromatic carbocycles. The van der Waals surface area contributed by atoms with Crippen LogP contribution in [-0.2, 0) is 4.79 Å². The summed E-state index contributed by atoms with van der Waals surface area (Å²) in [5, 5.41) is 9.95. The van der Waals surface area contributed by atoms with Crippen molar-refractivity contribution >= 4 is 17.3 Å². The average molecular weight is 325 g/mol. The first kappa shape index (κ1) is 16.2. The number of para-hydroxylation sites is 3. The fraction of sp³-hybridized carbons (Fsp3) is 0.316. The van der Waals surface area contributed by atoms with Gasteiger partial charge in [-0.05, 0) is 24.3 Å². The van der Waals surface area contributed by atoms with Gasteiger partial charge in [0.15, 0.2) is 0 Å². The van der Waals surface area contributed by atoms with E-state index in [0.29, 0.717) is 25.4 Å². The summed E-state index contributed by atoms with van der Waals surface area (Å²) in [7, 11) is 1.94. The molecule has 0 atom stereocenters. The number of phenols is 1. The third-order valence-corrected chi connectivity index (χ3v) is 4.42. The van der Waals surface area contributed by atoms with Crippen molar-refractivity contribution in [3.05, 3.63) is 54.6 Å². The van der Waals surface area contributed by atoms with E-state index in [0.717, 1.165) is 24.5 Å². The number of likely N-dealkylation sites (N-methyl/N-ethyl adjacent to an activating group) is 1. The second-order valence-corrected chi connectivity index (χ2v) is 6.05. The molecule has 24 heavy (non-hydrogen) atoms. The van der Waals surface area contributed by atoms with Crippen LogP contribution in [0.25, 0.3) is 0 Å². The first-order valence-corrected chi connectivity index (χ1v) is 8.22. The zero-order valence-corrected chi connectivity index (χ0v) is 13.9. The van der Waals surface area contributed by atoms with Crippen LogP contribution in [0.15, 0.2) is 54.6 Å². The maximum Gasteiger partial charge on any atom is 0.242 e. The first-order chi connectivity index (χ1) is 11.6. The molecule has 0 aromatic heterocycles. The molecule has 3 rings (SSSR count). The lowest BCUT2D eigenvalue weighted by molar-refractivity contribution is -0.129. The van der Waals surface area contributed by atoms with E-state index in [1.54, 1.807) is 6.07 Å². The molecule has 1 aliphatic heterocycles. The van der Waals surface area contributed by atoms with Gasteiger partial charge in [-0.2, -0.15) is 0 Å². The normalized spacial score (nSPS) is 14.5. The van der Waals surface area contributed by atoms with E-state index in [4.69, 9.17) is 0 Å². The predicted octanol–water partition coefficient (Wildman–Crippen LogP) is 2.18. The highest BCUT2D eigenvalue weighted by atomic mass is 16.3. The molecule has 0 saturated carbocycles.